The molecule has 0 saturated carbocycles. The Morgan fingerprint density at radius 1 is 1.32 bits per heavy atom. The molecule has 0 bridgehead atoms. The third-order valence-corrected chi connectivity index (χ3v) is 4.31. The van der Waals surface area contributed by atoms with Crippen molar-refractivity contribution in [2.45, 2.75) is 25.4 Å². The summed E-state index contributed by atoms with van der Waals surface area (Å²) >= 11 is 5.91. The van der Waals surface area contributed by atoms with Gasteiger partial charge in [0.05, 0.1) is 0 Å². The molecule has 1 aromatic heterocycles. The first-order valence-electron chi connectivity index (χ1n) is 7.47. The van der Waals surface area contributed by atoms with Gasteiger partial charge in [-0.05, 0) is 18.9 Å². The number of nitrogens with two attached hydrogens (primary N) is 1. The molecule has 0 amide bonds. The Labute approximate surface area is 135 Å². The normalized spacial score (nSPS) is 20.0. The molecule has 0 unspecified atom stereocenters. The molecular formula is C16H20ClN5. The molecule has 1 aliphatic rings. The highest BCUT2D eigenvalue weighted by molar-refractivity contribution is 6.29. The van der Waals surface area contributed by atoms with E-state index in [0.29, 0.717) is 23.1 Å². The Balaban J connectivity index is 1.62. The molecule has 3 N–H and O–H groups in total. The molecule has 0 spiro atoms. The molecule has 116 valence electrons. The number of nitrogens with one attached hydrogen (secondary N) is 1. The first-order valence-corrected chi connectivity index (χ1v) is 7.85. The predicted molar refractivity (Wildman–Crippen MR) is 89.9 cm³/mol. The van der Waals surface area contributed by atoms with Gasteiger partial charge in [-0.25, -0.2) is 4.98 Å². The average Bonchev–Trinajstić information content (AvgIpc) is 2.95. The largest absolute Gasteiger partial charge is 0.368 e. The summed E-state index contributed by atoms with van der Waals surface area (Å²) in [5.41, 5.74) is 6.97. The van der Waals surface area contributed by atoms with Crippen molar-refractivity contribution in [3.8, 4) is 0 Å². The predicted octanol–water partition coefficient (Wildman–Crippen LogP) is 2.96. The fraction of sp³-hybridized carbons (Fsp3) is 0.375. The number of likely N-dealkylation sites (tertiary alicyclic amines) is 1. The number of nitrogens with zero attached hydrogens (tertiary/aromatic N) is 3. The van der Waals surface area contributed by atoms with E-state index in [1.165, 1.54) is 5.56 Å². The van der Waals surface area contributed by atoms with Crippen LogP contribution in [0.1, 0.15) is 24.9 Å². The monoisotopic (exact) mass is 317 g/mol. The van der Waals surface area contributed by atoms with E-state index in [2.05, 4.69) is 51.4 Å². The van der Waals surface area contributed by atoms with Crippen LogP contribution < -0.4 is 11.1 Å². The lowest BCUT2D eigenvalue weighted by Crippen LogP contribution is -2.28. The van der Waals surface area contributed by atoms with Gasteiger partial charge in [-0.2, -0.15) is 4.98 Å². The number of benzene rings is 1. The fourth-order valence-corrected chi connectivity index (χ4v) is 3.11. The Kier molecular flexibility index (Phi) is 4.45. The van der Waals surface area contributed by atoms with Gasteiger partial charge in [-0.3, -0.25) is 4.90 Å². The van der Waals surface area contributed by atoms with Crippen LogP contribution >= 0.6 is 11.6 Å². The fourth-order valence-electron chi connectivity index (χ4n) is 2.92. The summed E-state index contributed by atoms with van der Waals surface area (Å²) in [4.78, 5) is 10.5. The lowest BCUT2D eigenvalue weighted by atomic mass is 10.1. The molecule has 6 heteroatoms. The second-order valence-electron chi connectivity index (χ2n) is 5.65. The average molecular weight is 318 g/mol. The number of hydrogen-bond acceptors (Lipinski definition) is 5. The van der Waals surface area contributed by atoms with Gasteiger partial charge in [0.15, 0.2) is 0 Å². The highest BCUT2D eigenvalue weighted by atomic mass is 35.5. The highest BCUT2D eigenvalue weighted by Gasteiger charge is 2.26. The van der Waals surface area contributed by atoms with Crippen LogP contribution in [0, 0.1) is 0 Å². The maximum atomic E-state index is 5.91. The topological polar surface area (TPSA) is 67.1 Å². The van der Waals surface area contributed by atoms with Crippen molar-refractivity contribution in [2.75, 3.05) is 24.1 Å². The maximum absolute atomic E-state index is 5.91. The number of rotatable bonds is 4. The van der Waals surface area contributed by atoms with Crippen molar-refractivity contribution >= 4 is 23.4 Å². The molecule has 0 radical (unpaired) electrons. The van der Waals surface area contributed by atoms with Crippen LogP contribution in [-0.4, -0.2) is 34.0 Å². The molecule has 3 rings (SSSR count). The van der Waals surface area contributed by atoms with Crippen LogP contribution in [0.4, 0.5) is 11.8 Å². The number of halogens is 1. The summed E-state index contributed by atoms with van der Waals surface area (Å²) in [6, 6.07) is 13.0. The summed E-state index contributed by atoms with van der Waals surface area (Å²) in [5, 5.41) is 3.77. The van der Waals surface area contributed by atoms with Crippen LogP contribution in [-0.2, 0) is 0 Å². The Bertz CT molecular complexity index is 613. The second-order valence-corrected chi connectivity index (χ2v) is 6.03. The number of aromatic nitrogens is 2. The van der Waals surface area contributed by atoms with Crippen LogP contribution in [0.2, 0.25) is 5.15 Å². The van der Waals surface area contributed by atoms with E-state index in [0.717, 1.165) is 19.5 Å². The lowest BCUT2D eigenvalue weighted by Gasteiger charge is -2.25. The van der Waals surface area contributed by atoms with Gasteiger partial charge < -0.3 is 11.1 Å². The zero-order chi connectivity index (χ0) is 15.5. The molecule has 5 nitrogen and oxygen atoms in total. The van der Waals surface area contributed by atoms with Gasteiger partial charge in [0.2, 0.25) is 5.95 Å². The minimum Gasteiger partial charge on any atom is -0.368 e. The lowest BCUT2D eigenvalue weighted by molar-refractivity contribution is 0.261. The van der Waals surface area contributed by atoms with E-state index in [1.807, 2.05) is 6.07 Å². The summed E-state index contributed by atoms with van der Waals surface area (Å²) in [7, 11) is 0. The van der Waals surface area contributed by atoms with Crippen molar-refractivity contribution in [1.29, 1.82) is 0 Å². The molecule has 22 heavy (non-hydrogen) atoms. The van der Waals surface area contributed by atoms with Gasteiger partial charge >= 0.3 is 0 Å². The standard InChI is InChI=1S/C16H20ClN5/c1-11(12-5-3-2-4-6-12)22-8-7-13(10-22)19-15-9-14(17)20-16(18)21-15/h2-6,9,11,13H,7-8,10H2,1H3,(H3,18,19,20,21)/t11-,13-/m0/s1. The van der Waals surface area contributed by atoms with E-state index in [1.54, 1.807) is 6.07 Å². The van der Waals surface area contributed by atoms with Gasteiger partial charge in [0, 0.05) is 31.2 Å². The zero-order valence-electron chi connectivity index (χ0n) is 12.5. The third-order valence-electron chi connectivity index (χ3n) is 4.11. The van der Waals surface area contributed by atoms with E-state index >= 15 is 0 Å². The molecule has 2 atom stereocenters. The number of anilines is 2. The van der Waals surface area contributed by atoms with Crippen molar-refractivity contribution in [3.63, 3.8) is 0 Å². The molecule has 1 aromatic carbocycles. The maximum Gasteiger partial charge on any atom is 0.223 e. The summed E-state index contributed by atoms with van der Waals surface area (Å²) in [6.45, 7) is 4.27. The van der Waals surface area contributed by atoms with E-state index in [-0.39, 0.29) is 5.95 Å². The van der Waals surface area contributed by atoms with E-state index < -0.39 is 0 Å². The number of nitrogen functional groups attached to an aromatic ring is 1. The quantitative estimate of drug-likeness (QED) is 0.849. The highest BCUT2D eigenvalue weighted by Crippen LogP contribution is 2.26. The first-order chi connectivity index (χ1) is 10.6. The Hall–Kier alpha value is -1.85. The Morgan fingerprint density at radius 2 is 2.09 bits per heavy atom. The van der Waals surface area contributed by atoms with Gasteiger partial charge in [0.1, 0.15) is 11.0 Å². The van der Waals surface area contributed by atoms with Crippen LogP contribution in [0.25, 0.3) is 0 Å². The SMILES string of the molecule is C[C@@H](c1ccccc1)N1CC[C@H](Nc2cc(Cl)nc(N)n2)C1. The smallest absolute Gasteiger partial charge is 0.223 e. The zero-order valence-corrected chi connectivity index (χ0v) is 13.3. The van der Waals surface area contributed by atoms with Crippen molar-refractivity contribution in [1.82, 2.24) is 14.9 Å². The molecule has 2 heterocycles. The minimum absolute atomic E-state index is 0.197. The molecule has 1 fully saturated rings. The van der Waals surface area contributed by atoms with E-state index in [4.69, 9.17) is 17.3 Å². The van der Waals surface area contributed by atoms with Crippen molar-refractivity contribution < 1.29 is 0 Å². The summed E-state index contributed by atoms with van der Waals surface area (Å²) in [6.07, 6.45) is 1.07. The molecule has 0 aliphatic carbocycles. The van der Waals surface area contributed by atoms with Crippen molar-refractivity contribution in [2.24, 2.45) is 0 Å². The van der Waals surface area contributed by atoms with Crippen LogP contribution in [0.15, 0.2) is 36.4 Å². The van der Waals surface area contributed by atoms with Crippen LogP contribution in [0.5, 0.6) is 0 Å². The summed E-state index contributed by atoms with van der Waals surface area (Å²) < 4.78 is 0. The number of hydrogen-bond donors (Lipinski definition) is 2. The summed E-state index contributed by atoms with van der Waals surface area (Å²) in [5.74, 6) is 0.888. The molecule has 2 aromatic rings. The van der Waals surface area contributed by atoms with Crippen molar-refractivity contribution in [3.05, 3.63) is 47.1 Å². The van der Waals surface area contributed by atoms with Gasteiger partial charge in [-0.15, -0.1) is 0 Å². The van der Waals surface area contributed by atoms with Gasteiger partial charge in [0.25, 0.3) is 0 Å². The molecule has 1 saturated heterocycles. The van der Waals surface area contributed by atoms with Gasteiger partial charge in [-0.1, -0.05) is 41.9 Å². The first kappa shape index (κ1) is 15.1. The van der Waals surface area contributed by atoms with Crippen LogP contribution in [0.3, 0.4) is 0 Å². The Morgan fingerprint density at radius 3 is 2.82 bits per heavy atom. The van der Waals surface area contributed by atoms with E-state index in [9.17, 15) is 0 Å². The minimum atomic E-state index is 0.197. The molecular weight excluding hydrogens is 298 g/mol. The third kappa shape index (κ3) is 3.48. The molecule has 1 aliphatic heterocycles. The second kappa shape index (κ2) is 6.50.